The number of nitrogens with one attached hydrogen (secondary N) is 1. The molecule has 0 aliphatic carbocycles. The van der Waals surface area contributed by atoms with E-state index in [4.69, 9.17) is 0 Å². The van der Waals surface area contributed by atoms with E-state index >= 15 is 0 Å². The largest absolute Gasteiger partial charge is 0.337 e. The molecule has 5 nitrogen and oxygen atoms in total. The van der Waals surface area contributed by atoms with Gasteiger partial charge in [0.2, 0.25) is 0 Å². The van der Waals surface area contributed by atoms with Gasteiger partial charge in [0.1, 0.15) is 6.33 Å². The number of hydrogen-bond acceptors (Lipinski definition) is 3. The molecule has 0 unspecified atom stereocenters. The molecule has 1 rings (SSSR count). The highest BCUT2D eigenvalue weighted by Crippen LogP contribution is 1.97. The fourth-order valence-corrected chi connectivity index (χ4v) is 1.41. The summed E-state index contributed by atoms with van der Waals surface area (Å²) in [6, 6.07) is 0.468. The smallest absolute Gasteiger partial charge is 0.326 e. The lowest BCUT2D eigenvalue weighted by molar-refractivity contribution is 0.241. The molecule has 0 saturated heterocycles. The Morgan fingerprint density at radius 1 is 1.47 bits per heavy atom. The van der Waals surface area contributed by atoms with Crippen LogP contribution in [0, 0.1) is 0 Å². The lowest BCUT2D eigenvalue weighted by Crippen LogP contribution is -2.30. The quantitative estimate of drug-likeness (QED) is 0.765. The topological polar surface area (TPSA) is 50.2 Å². The second-order valence-electron chi connectivity index (χ2n) is 4.48. The molecule has 0 atom stereocenters. The molecule has 17 heavy (non-hydrogen) atoms. The van der Waals surface area contributed by atoms with E-state index in [9.17, 15) is 4.79 Å². The summed E-state index contributed by atoms with van der Waals surface area (Å²) in [6.07, 6.45) is 6.83. The molecule has 1 amide bonds. The number of imidazole rings is 1. The van der Waals surface area contributed by atoms with Gasteiger partial charge in [0.05, 0.1) is 0 Å². The lowest BCUT2D eigenvalue weighted by atomic mass is 10.2. The van der Waals surface area contributed by atoms with E-state index in [2.05, 4.69) is 36.1 Å². The van der Waals surface area contributed by atoms with Gasteiger partial charge in [-0.25, -0.2) is 9.78 Å². The Kier molecular flexibility index (Phi) is 5.69. The molecule has 1 aromatic rings. The van der Waals surface area contributed by atoms with E-state index in [0.29, 0.717) is 12.6 Å². The van der Waals surface area contributed by atoms with Crippen molar-refractivity contribution in [3.05, 3.63) is 18.7 Å². The van der Waals surface area contributed by atoms with Crippen molar-refractivity contribution in [3.63, 3.8) is 0 Å². The van der Waals surface area contributed by atoms with Crippen LogP contribution in [0.4, 0.5) is 4.79 Å². The van der Waals surface area contributed by atoms with Crippen molar-refractivity contribution in [3.8, 4) is 0 Å². The third kappa shape index (κ3) is 4.99. The lowest BCUT2D eigenvalue weighted by Gasteiger charge is -2.20. The van der Waals surface area contributed by atoms with Crippen LogP contribution in [-0.4, -0.2) is 46.7 Å². The Morgan fingerprint density at radius 3 is 2.82 bits per heavy atom. The van der Waals surface area contributed by atoms with Crippen LogP contribution in [-0.2, 0) is 0 Å². The summed E-state index contributed by atoms with van der Waals surface area (Å²) >= 11 is 0. The fraction of sp³-hybridized carbons (Fsp3) is 0.667. The highest BCUT2D eigenvalue weighted by molar-refractivity contribution is 5.76. The Bertz CT molecular complexity index is 321. The summed E-state index contributed by atoms with van der Waals surface area (Å²) in [5.74, 6) is 0. The molecule has 0 aromatic carbocycles. The molecule has 0 radical (unpaired) electrons. The number of aromatic nitrogens is 2. The monoisotopic (exact) mass is 238 g/mol. The van der Waals surface area contributed by atoms with Crippen LogP contribution >= 0.6 is 0 Å². The summed E-state index contributed by atoms with van der Waals surface area (Å²) in [5.41, 5.74) is 0. The Labute approximate surface area is 103 Å². The number of unbranched alkanes of at least 4 members (excludes halogenated alkanes) is 1. The van der Waals surface area contributed by atoms with E-state index in [0.717, 1.165) is 19.4 Å². The van der Waals surface area contributed by atoms with Crippen molar-refractivity contribution in [1.82, 2.24) is 19.8 Å². The molecule has 0 spiro atoms. The van der Waals surface area contributed by atoms with Crippen molar-refractivity contribution in [1.29, 1.82) is 0 Å². The molecule has 0 aliphatic heterocycles. The minimum Gasteiger partial charge on any atom is -0.337 e. The molecule has 0 fully saturated rings. The van der Waals surface area contributed by atoms with Gasteiger partial charge in [-0.15, -0.1) is 0 Å². The number of hydrogen-bond donors (Lipinski definition) is 1. The van der Waals surface area contributed by atoms with E-state index in [1.54, 1.807) is 12.4 Å². The maximum absolute atomic E-state index is 11.5. The third-order valence-corrected chi connectivity index (χ3v) is 2.83. The SMILES string of the molecule is CC(C)N(C)CCCCNC(=O)n1ccnc1. The van der Waals surface area contributed by atoms with Crippen LogP contribution < -0.4 is 5.32 Å². The van der Waals surface area contributed by atoms with Gasteiger partial charge in [-0.2, -0.15) is 0 Å². The van der Waals surface area contributed by atoms with Gasteiger partial charge in [-0.05, 0) is 40.3 Å². The van der Waals surface area contributed by atoms with Crippen LogP contribution in [0.5, 0.6) is 0 Å². The van der Waals surface area contributed by atoms with Gasteiger partial charge in [0.25, 0.3) is 0 Å². The fourth-order valence-electron chi connectivity index (χ4n) is 1.41. The van der Waals surface area contributed by atoms with E-state index in [1.165, 1.54) is 10.9 Å². The molecule has 1 aromatic heterocycles. The summed E-state index contributed by atoms with van der Waals surface area (Å²) in [5, 5.41) is 2.85. The van der Waals surface area contributed by atoms with Gasteiger partial charge in [0.15, 0.2) is 0 Å². The van der Waals surface area contributed by atoms with Gasteiger partial charge in [-0.1, -0.05) is 0 Å². The molecule has 96 valence electrons. The van der Waals surface area contributed by atoms with Gasteiger partial charge in [-0.3, -0.25) is 4.57 Å². The Hall–Kier alpha value is -1.36. The summed E-state index contributed by atoms with van der Waals surface area (Å²) in [6.45, 7) is 6.14. The molecular formula is C12H22N4O. The van der Waals surface area contributed by atoms with Crippen LogP contribution in [0.1, 0.15) is 26.7 Å². The van der Waals surface area contributed by atoms with Crippen molar-refractivity contribution in [2.75, 3.05) is 20.1 Å². The zero-order chi connectivity index (χ0) is 12.7. The normalized spacial score (nSPS) is 11.1. The average Bonchev–Trinajstić information content (AvgIpc) is 2.81. The Balaban J connectivity index is 2.07. The molecular weight excluding hydrogens is 216 g/mol. The summed E-state index contributed by atoms with van der Waals surface area (Å²) < 4.78 is 1.44. The first kappa shape index (κ1) is 13.7. The van der Waals surface area contributed by atoms with Crippen LogP contribution in [0.2, 0.25) is 0 Å². The minimum atomic E-state index is -0.111. The maximum atomic E-state index is 11.5. The minimum absolute atomic E-state index is 0.111. The first-order valence-electron chi connectivity index (χ1n) is 6.07. The van der Waals surface area contributed by atoms with Gasteiger partial charge in [0, 0.05) is 25.0 Å². The number of amides is 1. The zero-order valence-electron chi connectivity index (χ0n) is 10.9. The van der Waals surface area contributed by atoms with Crippen molar-refractivity contribution < 1.29 is 4.79 Å². The number of rotatable bonds is 6. The van der Waals surface area contributed by atoms with Crippen molar-refractivity contribution in [2.24, 2.45) is 0 Å². The Morgan fingerprint density at radius 2 is 2.24 bits per heavy atom. The molecule has 0 saturated carbocycles. The molecule has 0 aliphatic rings. The maximum Gasteiger partial charge on any atom is 0.326 e. The van der Waals surface area contributed by atoms with Crippen molar-refractivity contribution >= 4 is 6.03 Å². The zero-order valence-corrected chi connectivity index (χ0v) is 10.9. The summed E-state index contributed by atoms with van der Waals surface area (Å²) in [4.78, 5) is 17.6. The van der Waals surface area contributed by atoms with E-state index in [-0.39, 0.29) is 6.03 Å². The first-order valence-corrected chi connectivity index (χ1v) is 6.07. The second kappa shape index (κ2) is 7.06. The second-order valence-corrected chi connectivity index (χ2v) is 4.48. The predicted octanol–water partition coefficient (Wildman–Crippen LogP) is 1.56. The number of carbonyl (C=O) groups excluding carboxylic acids is 1. The van der Waals surface area contributed by atoms with Gasteiger partial charge < -0.3 is 10.2 Å². The van der Waals surface area contributed by atoms with Crippen LogP contribution in [0.15, 0.2) is 18.7 Å². The molecule has 1 heterocycles. The first-order chi connectivity index (χ1) is 8.11. The predicted molar refractivity (Wildman–Crippen MR) is 68.0 cm³/mol. The molecule has 0 bridgehead atoms. The highest BCUT2D eigenvalue weighted by Gasteiger charge is 2.03. The van der Waals surface area contributed by atoms with E-state index in [1.807, 2.05) is 0 Å². The molecule has 5 heteroatoms. The van der Waals surface area contributed by atoms with Crippen LogP contribution in [0.25, 0.3) is 0 Å². The average molecular weight is 238 g/mol. The number of carbonyl (C=O) groups is 1. The standard InChI is InChI=1S/C12H22N4O/c1-11(2)15(3)8-5-4-6-14-12(17)16-9-7-13-10-16/h7,9-11H,4-6,8H2,1-3H3,(H,14,17). The highest BCUT2D eigenvalue weighted by atomic mass is 16.2. The molecule has 1 N–H and O–H groups in total. The summed E-state index contributed by atoms with van der Waals surface area (Å²) in [7, 11) is 2.12. The van der Waals surface area contributed by atoms with Crippen LogP contribution in [0.3, 0.4) is 0 Å². The van der Waals surface area contributed by atoms with E-state index < -0.39 is 0 Å². The third-order valence-electron chi connectivity index (χ3n) is 2.83. The van der Waals surface area contributed by atoms with Gasteiger partial charge >= 0.3 is 6.03 Å². The van der Waals surface area contributed by atoms with Crippen molar-refractivity contribution in [2.45, 2.75) is 32.7 Å². The number of nitrogens with zero attached hydrogens (tertiary/aromatic N) is 3.